The Morgan fingerprint density at radius 1 is 1.44 bits per heavy atom. The summed E-state index contributed by atoms with van der Waals surface area (Å²) in [6.07, 6.45) is 0. The summed E-state index contributed by atoms with van der Waals surface area (Å²) in [5, 5.41) is 1.66. The van der Waals surface area contributed by atoms with E-state index in [4.69, 9.17) is 11.6 Å². The van der Waals surface area contributed by atoms with Gasteiger partial charge in [0.05, 0.1) is 12.7 Å². The van der Waals surface area contributed by atoms with Crippen LogP contribution < -0.4 is 5.32 Å². The van der Waals surface area contributed by atoms with Gasteiger partial charge in [0.2, 0.25) is 0 Å². The van der Waals surface area contributed by atoms with Gasteiger partial charge in [-0.15, -0.1) is 11.6 Å². The molecule has 0 aromatic heterocycles. The van der Waals surface area contributed by atoms with Crippen LogP contribution in [-0.4, -0.2) is 30.9 Å². The molecule has 98 valence electrons. The fourth-order valence-corrected chi connectivity index (χ4v) is 2.11. The molecule has 0 aliphatic carbocycles. The van der Waals surface area contributed by atoms with Crippen molar-refractivity contribution in [2.24, 2.45) is 0 Å². The standard InChI is InChI=1S/C11H10Br2ClNO3/c1-18-11(17)9(14)5-15-10(16)7-4-6(12)2-3-8(7)13/h2-4,9H,5H2,1H3,(H,15,16). The van der Waals surface area contributed by atoms with E-state index in [1.165, 1.54) is 7.11 Å². The van der Waals surface area contributed by atoms with Crippen molar-refractivity contribution in [3.05, 3.63) is 32.7 Å². The van der Waals surface area contributed by atoms with Crippen LogP contribution in [0.1, 0.15) is 10.4 Å². The second-order valence-corrected chi connectivity index (χ2v) is 5.62. The lowest BCUT2D eigenvalue weighted by atomic mass is 10.2. The number of amides is 1. The Bertz CT molecular complexity index is 468. The number of carbonyl (C=O) groups excluding carboxylic acids is 2. The maximum atomic E-state index is 11.9. The number of alkyl halides is 1. The zero-order valence-corrected chi connectivity index (χ0v) is 13.3. The molecule has 0 aliphatic heterocycles. The predicted octanol–water partition coefficient (Wildman–Crippen LogP) is 2.72. The summed E-state index contributed by atoms with van der Waals surface area (Å²) in [5.41, 5.74) is 0.457. The van der Waals surface area contributed by atoms with Crippen LogP contribution in [0.3, 0.4) is 0 Å². The molecule has 1 unspecified atom stereocenters. The summed E-state index contributed by atoms with van der Waals surface area (Å²) >= 11 is 12.3. The van der Waals surface area contributed by atoms with Gasteiger partial charge in [0, 0.05) is 15.5 Å². The Morgan fingerprint density at radius 2 is 2.11 bits per heavy atom. The van der Waals surface area contributed by atoms with Crippen molar-refractivity contribution in [2.75, 3.05) is 13.7 Å². The van der Waals surface area contributed by atoms with E-state index in [2.05, 4.69) is 41.9 Å². The van der Waals surface area contributed by atoms with Gasteiger partial charge in [0.15, 0.2) is 0 Å². The van der Waals surface area contributed by atoms with Crippen LogP contribution in [-0.2, 0) is 9.53 Å². The number of halogens is 3. The number of rotatable bonds is 4. The first-order valence-electron chi connectivity index (χ1n) is 4.91. The van der Waals surface area contributed by atoms with Crippen molar-refractivity contribution >= 4 is 55.3 Å². The average molecular weight is 399 g/mol. The van der Waals surface area contributed by atoms with Gasteiger partial charge in [-0.25, -0.2) is 0 Å². The smallest absolute Gasteiger partial charge is 0.325 e. The maximum Gasteiger partial charge on any atom is 0.325 e. The Balaban J connectivity index is 2.66. The number of nitrogens with one attached hydrogen (secondary N) is 1. The summed E-state index contributed by atoms with van der Waals surface area (Å²) in [5.74, 6) is -0.900. The third-order valence-corrected chi connectivity index (χ3v) is 3.59. The summed E-state index contributed by atoms with van der Waals surface area (Å²) in [7, 11) is 1.24. The van der Waals surface area contributed by atoms with Gasteiger partial charge in [0.25, 0.3) is 5.91 Å². The maximum absolute atomic E-state index is 11.9. The van der Waals surface area contributed by atoms with Crippen LogP contribution in [0.4, 0.5) is 0 Å². The van der Waals surface area contributed by atoms with Crippen molar-refractivity contribution in [1.82, 2.24) is 5.32 Å². The number of benzene rings is 1. The highest BCUT2D eigenvalue weighted by Gasteiger charge is 2.18. The van der Waals surface area contributed by atoms with E-state index in [-0.39, 0.29) is 12.5 Å². The molecule has 0 spiro atoms. The number of hydrogen-bond donors (Lipinski definition) is 1. The van der Waals surface area contributed by atoms with Crippen LogP contribution in [0.15, 0.2) is 27.1 Å². The molecule has 1 rings (SSSR count). The largest absolute Gasteiger partial charge is 0.468 e. The topological polar surface area (TPSA) is 55.4 Å². The minimum Gasteiger partial charge on any atom is -0.468 e. The molecule has 0 aliphatic rings. The second kappa shape index (κ2) is 7.11. The minimum atomic E-state index is -0.898. The van der Waals surface area contributed by atoms with Gasteiger partial charge in [-0.2, -0.15) is 0 Å². The third kappa shape index (κ3) is 4.26. The molecule has 0 saturated carbocycles. The molecule has 0 radical (unpaired) electrons. The Morgan fingerprint density at radius 3 is 2.72 bits per heavy atom. The van der Waals surface area contributed by atoms with Crippen LogP contribution in [0.2, 0.25) is 0 Å². The van der Waals surface area contributed by atoms with Crippen molar-refractivity contribution < 1.29 is 14.3 Å². The van der Waals surface area contributed by atoms with Gasteiger partial charge >= 0.3 is 5.97 Å². The van der Waals surface area contributed by atoms with Crippen LogP contribution in [0.5, 0.6) is 0 Å². The molecule has 1 N–H and O–H groups in total. The molecule has 0 bridgehead atoms. The van der Waals surface area contributed by atoms with Crippen molar-refractivity contribution in [2.45, 2.75) is 5.38 Å². The first-order chi connectivity index (χ1) is 8.45. The fraction of sp³-hybridized carbons (Fsp3) is 0.273. The summed E-state index contributed by atoms with van der Waals surface area (Å²) in [6.45, 7) is 0.00597. The summed E-state index contributed by atoms with van der Waals surface area (Å²) in [6, 6.07) is 5.22. The summed E-state index contributed by atoms with van der Waals surface area (Å²) in [4.78, 5) is 22.9. The van der Waals surface area contributed by atoms with Gasteiger partial charge in [-0.1, -0.05) is 15.9 Å². The fourth-order valence-electron chi connectivity index (χ4n) is 1.16. The first-order valence-corrected chi connectivity index (χ1v) is 6.93. The SMILES string of the molecule is COC(=O)C(Cl)CNC(=O)c1cc(Br)ccc1Br. The lowest BCUT2D eigenvalue weighted by molar-refractivity contribution is -0.140. The van der Waals surface area contributed by atoms with Crippen molar-refractivity contribution in [3.63, 3.8) is 0 Å². The number of esters is 1. The number of methoxy groups -OCH3 is 1. The third-order valence-electron chi connectivity index (χ3n) is 2.07. The monoisotopic (exact) mass is 397 g/mol. The molecule has 4 nitrogen and oxygen atoms in total. The van der Waals surface area contributed by atoms with E-state index < -0.39 is 11.3 Å². The molecule has 1 atom stereocenters. The average Bonchev–Trinajstić information content (AvgIpc) is 2.37. The van der Waals surface area contributed by atoms with E-state index in [9.17, 15) is 9.59 Å². The van der Waals surface area contributed by atoms with Gasteiger partial charge in [-0.05, 0) is 34.1 Å². The van der Waals surface area contributed by atoms with Gasteiger partial charge in [0.1, 0.15) is 5.38 Å². The highest BCUT2D eigenvalue weighted by Crippen LogP contribution is 2.21. The molecule has 7 heteroatoms. The Kier molecular flexibility index (Phi) is 6.11. The number of carbonyl (C=O) groups is 2. The molecule has 1 aromatic carbocycles. The van der Waals surface area contributed by atoms with E-state index in [0.29, 0.717) is 10.0 Å². The number of hydrogen-bond acceptors (Lipinski definition) is 3. The molecule has 1 aromatic rings. The molecule has 1 amide bonds. The zero-order valence-electron chi connectivity index (χ0n) is 9.38. The van der Waals surface area contributed by atoms with E-state index in [1.54, 1.807) is 18.2 Å². The summed E-state index contributed by atoms with van der Waals surface area (Å²) < 4.78 is 5.90. The van der Waals surface area contributed by atoms with Crippen LogP contribution in [0.25, 0.3) is 0 Å². The van der Waals surface area contributed by atoms with E-state index in [1.807, 2.05) is 0 Å². The van der Waals surface area contributed by atoms with Crippen molar-refractivity contribution in [3.8, 4) is 0 Å². The molecular formula is C11H10Br2ClNO3. The Hall–Kier alpha value is -0.590. The zero-order chi connectivity index (χ0) is 13.7. The van der Waals surface area contributed by atoms with Crippen molar-refractivity contribution in [1.29, 1.82) is 0 Å². The lowest BCUT2D eigenvalue weighted by Crippen LogP contribution is -2.34. The minimum absolute atomic E-state index is 0.00597. The molecule has 0 fully saturated rings. The Labute approximate surface area is 126 Å². The first kappa shape index (κ1) is 15.5. The van der Waals surface area contributed by atoms with Gasteiger partial charge in [-0.3, -0.25) is 9.59 Å². The second-order valence-electron chi connectivity index (χ2n) is 3.32. The molecular weight excluding hydrogens is 389 g/mol. The molecule has 0 heterocycles. The normalized spacial score (nSPS) is 11.8. The lowest BCUT2D eigenvalue weighted by Gasteiger charge is -2.10. The molecule has 0 saturated heterocycles. The highest BCUT2D eigenvalue weighted by molar-refractivity contribution is 9.11. The van der Waals surface area contributed by atoms with Gasteiger partial charge < -0.3 is 10.1 Å². The quantitative estimate of drug-likeness (QED) is 0.626. The van der Waals surface area contributed by atoms with Crippen LogP contribution >= 0.6 is 43.5 Å². The van der Waals surface area contributed by atoms with E-state index >= 15 is 0 Å². The predicted molar refractivity (Wildman–Crippen MR) is 75.8 cm³/mol. The number of ether oxygens (including phenoxy) is 1. The highest BCUT2D eigenvalue weighted by atomic mass is 79.9. The molecule has 18 heavy (non-hydrogen) atoms. The van der Waals surface area contributed by atoms with E-state index in [0.717, 1.165) is 4.47 Å². The van der Waals surface area contributed by atoms with Crippen LogP contribution in [0, 0.1) is 0 Å².